The molecule has 1 N–H and O–H groups in total. The average molecular weight is 389 g/mol. The first-order valence-corrected chi connectivity index (χ1v) is 9.71. The number of hydrogen-bond acceptors (Lipinski definition) is 4. The number of fused-ring (bicyclic) bond motifs is 1. The molecule has 6 nitrogen and oxygen atoms in total. The van der Waals surface area contributed by atoms with E-state index in [1.807, 2.05) is 45.0 Å². The van der Waals surface area contributed by atoms with Crippen LogP contribution in [-0.4, -0.2) is 28.1 Å². The fourth-order valence-electron chi connectivity index (χ4n) is 3.73. The number of nitrogens with zero attached hydrogens (tertiary/aromatic N) is 2. The van der Waals surface area contributed by atoms with E-state index in [0.717, 1.165) is 28.3 Å². The molecule has 4 rings (SSSR count). The van der Waals surface area contributed by atoms with Crippen molar-refractivity contribution < 1.29 is 14.3 Å². The summed E-state index contributed by atoms with van der Waals surface area (Å²) in [6.45, 7) is 6.37. The molecule has 1 amide bonds. The van der Waals surface area contributed by atoms with E-state index >= 15 is 0 Å². The predicted octanol–water partition coefficient (Wildman–Crippen LogP) is 4.20. The fraction of sp³-hybridized carbons (Fsp3) is 0.261. The van der Waals surface area contributed by atoms with Gasteiger partial charge in [-0.15, -0.1) is 0 Å². The minimum atomic E-state index is -0.559. The Morgan fingerprint density at radius 3 is 2.48 bits per heavy atom. The molecule has 1 aromatic heterocycles. The zero-order valence-electron chi connectivity index (χ0n) is 16.7. The SMILES string of the molecule is CCOc1ccc(C(=O)C2CC(=O)Nc3c2c(C)nn3-c2ccc(C)cc2)cc1. The van der Waals surface area contributed by atoms with Crippen LogP contribution in [0.2, 0.25) is 0 Å². The second-order valence-corrected chi connectivity index (χ2v) is 7.22. The van der Waals surface area contributed by atoms with Crippen molar-refractivity contribution in [2.75, 3.05) is 11.9 Å². The lowest BCUT2D eigenvalue weighted by Gasteiger charge is -2.23. The van der Waals surface area contributed by atoms with Crippen LogP contribution in [0.25, 0.3) is 5.69 Å². The summed E-state index contributed by atoms with van der Waals surface area (Å²) in [7, 11) is 0. The molecule has 3 aromatic rings. The van der Waals surface area contributed by atoms with Crippen LogP contribution in [0.1, 0.15) is 46.4 Å². The number of amides is 1. The van der Waals surface area contributed by atoms with E-state index in [0.29, 0.717) is 18.0 Å². The van der Waals surface area contributed by atoms with Gasteiger partial charge in [0.1, 0.15) is 11.6 Å². The van der Waals surface area contributed by atoms with Gasteiger partial charge in [-0.05, 0) is 57.2 Å². The Morgan fingerprint density at radius 2 is 1.83 bits per heavy atom. The first-order chi connectivity index (χ1) is 14.0. The number of anilines is 1. The Hall–Kier alpha value is -3.41. The van der Waals surface area contributed by atoms with Crippen molar-refractivity contribution in [2.45, 2.75) is 33.1 Å². The van der Waals surface area contributed by atoms with E-state index in [1.54, 1.807) is 28.9 Å². The highest BCUT2D eigenvalue weighted by Gasteiger charge is 2.36. The second-order valence-electron chi connectivity index (χ2n) is 7.22. The van der Waals surface area contributed by atoms with Gasteiger partial charge in [0.2, 0.25) is 5.91 Å². The third-order valence-corrected chi connectivity index (χ3v) is 5.15. The third-order valence-electron chi connectivity index (χ3n) is 5.15. The summed E-state index contributed by atoms with van der Waals surface area (Å²) in [5.41, 5.74) is 4.06. The third kappa shape index (κ3) is 3.53. The predicted molar refractivity (Wildman–Crippen MR) is 111 cm³/mol. The lowest BCUT2D eigenvalue weighted by Crippen LogP contribution is -2.28. The molecule has 0 radical (unpaired) electrons. The summed E-state index contributed by atoms with van der Waals surface area (Å²) in [6.07, 6.45) is 0.111. The zero-order chi connectivity index (χ0) is 20.5. The van der Waals surface area contributed by atoms with Gasteiger partial charge in [0, 0.05) is 17.5 Å². The van der Waals surface area contributed by atoms with Gasteiger partial charge in [-0.1, -0.05) is 17.7 Å². The minimum Gasteiger partial charge on any atom is -0.494 e. The number of hydrogen-bond donors (Lipinski definition) is 1. The highest BCUT2D eigenvalue weighted by molar-refractivity contribution is 6.08. The molecule has 0 fully saturated rings. The van der Waals surface area contributed by atoms with Crippen LogP contribution >= 0.6 is 0 Å². The van der Waals surface area contributed by atoms with Crippen molar-refractivity contribution in [2.24, 2.45) is 0 Å². The summed E-state index contributed by atoms with van der Waals surface area (Å²) in [6, 6.07) is 14.9. The second kappa shape index (κ2) is 7.54. The van der Waals surface area contributed by atoms with Crippen LogP contribution in [0, 0.1) is 13.8 Å². The Kier molecular flexibility index (Phi) is 4.92. The normalized spacial score (nSPS) is 15.6. The molecule has 29 heavy (non-hydrogen) atoms. The van der Waals surface area contributed by atoms with E-state index in [1.165, 1.54) is 0 Å². The molecule has 0 bridgehead atoms. The Labute approximate surface area is 169 Å². The first-order valence-electron chi connectivity index (χ1n) is 9.71. The van der Waals surface area contributed by atoms with Crippen molar-refractivity contribution in [1.29, 1.82) is 0 Å². The van der Waals surface area contributed by atoms with Gasteiger partial charge in [0.05, 0.1) is 23.9 Å². The molecule has 1 unspecified atom stereocenters. The molecule has 6 heteroatoms. The van der Waals surface area contributed by atoms with Crippen molar-refractivity contribution in [3.8, 4) is 11.4 Å². The van der Waals surface area contributed by atoms with Crippen molar-refractivity contribution in [1.82, 2.24) is 9.78 Å². The van der Waals surface area contributed by atoms with Gasteiger partial charge in [0.25, 0.3) is 0 Å². The smallest absolute Gasteiger partial charge is 0.226 e. The summed E-state index contributed by atoms with van der Waals surface area (Å²) in [4.78, 5) is 25.7. The molecule has 1 atom stereocenters. The molecule has 0 saturated heterocycles. The molecule has 148 valence electrons. The number of ketones is 1. The fourth-order valence-corrected chi connectivity index (χ4v) is 3.73. The largest absolute Gasteiger partial charge is 0.494 e. The number of aromatic nitrogens is 2. The molecule has 1 aliphatic rings. The van der Waals surface area contributed by atoms with Crippen molar-refractivity contribution >= 4 is 17.5 Å². The van der Waals surface area contributed by atoms with Crippen LogP contribution in [0.3, 0.4) is 0 Å². The summed E-state index contributed by atoms with van der Waals surface area (Å²) in [5.74, 6) is 0.461. The van der Waals surface area contributed by atoms with E-state index < -0.39 is 5.92 Å². The van der Waals surface area contributed by atoms with Crippen LogP contribution in [-0.2, 0) is 4.79 Å². The molecule has 2 aromatic carbocycles. The van der Waals surface area contributed by atoms with E-state index in [9.17, 15) is 9.59 Å². The van der Waals surface area contributed by atoms with Crippen molar-refractivity contribution in [3.05, 3.63) is 70.9 Å². The maximum Gasteiger partial charge on any atom is 0.226 e. The monoisotopic (exact) mass is 389 g/mol. The molecule has 2 heterocycles. The number of rotatable bonds is 5. The van der Waals surface area contributed by atoms with Crippen LogP contribution in [0.15, 0.2) is 48.5 Å². The zero-order valence-corrected chi connectivity index (χ0v) is 16.7. The van der Waals surface area contributed by atoms with Crippen molar-refractivity contribution in [3.63, 3.8) is 0 Å². The van der Waals surface area contributed by atoms with Gasteiger partial charge in [0.15, 0.2) is 5.78 Å². The molecular weight excluding hydrogens is 366 g/mol. The van der Waals surface area contributed by atoms with Gasteiger partial charge < -0.3 is 10.1 Å². The van der Waals surface area contributed by atoms with Gasteiger partial charge in [-0.2, -0.15) is 5.10 Å². The molecule has 1 aliphatic heterocycles. The standard InChI is InChI=1S/C23H23N3O3/c1-4-29-18-11-7-16(8-12-18)22(28)19-13-20(27)24-23-21(19)15(3)25-26(23)17-9-5-14(2)6-10-17/h5-12,19H,4,13H2,1-3H3,(H,24,27). The lowest BCUT2D eigenvalue weighted by atomic mass is 9.85. The number of carbonyl (C=O) groups excluding carboxylic acids is 2. The number of aryl methyl sites for hydroxylation is 2. The number of Topliss-reactive ketones (excluding diaryl/α,β-unsaturated/α-hetero) is 1. The van der Waals surface area contributed by atoms with Crippen LogP contribution in [0.5, 0.6) is 5.75 Å². The van der Waals surface area contributed by atoms with Gasteiger partial charge in [-0.3, -0.25) is 9.59 Å². The summed E-state index contributed by atoms with van der Waals surface area (Å²) >= 11 is 0. The summed E-state index contributed by atoms with van der Waals surface area (Å²) < 4.78 is 7.16. The highest BCUT2D eigenvalue weighted by atomic mass is 16.5. The van der Waals surface area contributed by atoms with E-state index in [-0.39, 0.29) is 18.1 Å². The number of benzene rings is 2. The summed E-state index contributed by atoms with van der Waals surface area (Å²) in [5, 5.41) is 7.53. The Balaban J connectivity index is 1.73. The maximum absolute atomic E-state index is 13.3. The van der Waals surface area contributed by atoms with E-state index in [2.05, 4.69) is 10.4 Å². The molecule has 0 aliphatic carbocycles. The quantitative estimate of drug-likeness (QED) is 0.664. The Bertz CT molecular complexity index is 1070. The topological polar surface area (TPSA) is 73.2 Å². The van der Waals surface area contributed by atoms with Crippen LogP contribution in [0.4, 0.5) is 5.82 Å². The van der Waals surface area contributed by atoms with E-state index in [4.69, 9.17) is 4.74 Å². The average Bonchev–Trinajstić information content (AvgIpc) is 3.04. The number of nitrogens with one attached hydrogen (secondary N) is 1. The first kappa shape index (κ1) is 18.9. The number of ether oxygens (including phenoxy) is 1. The number of carbonyl (C=O) groups is 2. The Morgan fingerprint density at radius 1 is 1.14 bits per heavy atom. The highest BCUT2D eigenvalue weighted by Crippen LogP contribution is 2.38. The molecule has 0 saturated carbocycles. The molecule has 0 spiro atoms. The minimum absolute atomic E-state index is 0.0873. The molecular formula is C23H23N3O3. The van der Waals surface area contributed by atoms with Gasteiger partial charge in [-0.25, -0.2) is 4.68 Å². The van der Waals surface area contributed by atoms with Crippen LogP contribution < -0.4 is 10.1 Å². The van der Waals surface area contributed by atoms with Gasteiger partial charge >= 0.3 is 0 Å². The lowest BCUT2D eigenvalue weighted by molar-refractivity contribution is -0.116. The maximum atomic E-state index is 13.3.